The van der Waals surface area contributed by atoms with Gasteiger partial charge < -0.3 is 15.5 Å². The lowest BCUT2D eigenvalue weighted by atomic mass is 10.1. The highest BCUT2D eigenvalue weighted by atomic mass is 19.4. The van der Waals surface area contributed by atoms with Crippen LogP contribution in [0.4, 0.5) is 24.8 Å². The van der Waals surface area contributed by atoms with Crippen molar-refractivity contribution in [3.05, 3.63) is 47.3 Å². The lowest BCUT2D eigenvalue weighted by molar-refractivity contribution is -0.137. The minimum atomic E-state index is -4.48. The number of alkyl halides is 3. The van der Waals surface area contributed by atoms with Crippen molar-refractivity contribution in [2.24, 2.45) is 0 Å². The Morgan fingerprint density at radius 3 is 2.61 bits per heavy atom. The van der Waals surface area contributed by atoms with E-state index in [1.54, 1.807) is 0 Å². The number of nitrogens with zero attached hydrogens (tertiary/aromatic N) is 3. The molecule has 0 saturated carbocycles. The molecule has 28 heavy (non-hydrogen) atoms. The van der Waals surface area contributed by atoms with Gasteiger partial charge in [0.2, 0.25) is 0 Å². The standard InChI is InChI=1S/C19H22F3N5O/c1-13-25-16(12-17(26-13)27-9-2-3-10-27)23-7-8-24-18(28)14-5-4-6-15(11-14)19(20,21)22/h4-6,11-12H,2-3,7-10H2,1H3,(H,24,28)(H,23,25,26). The second-order valence-corrected chi connectivity index (χ2v) is 6.61. The van der Waals surface area contributed by atoms with Gasteiger partial charge in [0.25, 0.3) is 5.91 Å². The Kier molecular flexibility index (Phi) is 6.01. The van der Waals surface area contributed by atoms with Crippen LogP contribution in [0.25, 0.3) is 0 Å². The third-order valence-corrected chi connectivity index (χ3v) is 4.42. The number of rotatable bonds is 6. The van der Waals surface area contributed by atoms with E-state index in [-0.39, 0.29) is 12.1 Å². The van der Waals surface area contributed by atoms with Gasteiger partial charge in [0.15, 0.2) is 0 Å². The van der Waals surface area contributed by atoms with Gasteiger partial charge in [-0.1, -0.05) is 6.07 Å². The Morgan fingerprint density at radius 1 is 1.14 bits per heavy atom. The molecule has 1 fully saturated rings. The van der Waals surface area contributed by atoms with Gasteiger partial charge >= 0.3 is 6.18 Å². The third-order valence-electron chi connectivity index (χ3n) is 4.42. The summed E-state index contributed by atoms with van der Waals surface area (Å²) >= 11 is 0. The lowest BCUT2D eigenvalue weighted by Crippen LogP contribution is -2.29. The van der Waals surface area contributed by atoms with Gasteiger partial charge in [0.1, 0.15) is 17.5 Å². The summed E-state index contributed by atoms with van der Waals surface area (Å²) in [6.45, 7) is 4.41. The monoisotopic (exact) mass is 393 g/mol. The molecule has 2 aromatic rings. The van der Waals surface area contributed by atoms with E-state index in [1.165, 1.54) is 12.1 Å². The first-order valence-electron chi connectivity index (χ1n) is 9.13. The van der Waals surface area contributed by atoms with E-state index in [2.05, 4.69) is 25.5 Å². The highest BCUT2D eigenvalue weighted by Gasteiger charge is 2.30. The molecule has 0 spiro atoms. The Hall–Kier alpha value is -2.84. The van der Waals surface area contributed by atoms with Gasteiger partial charge in [0.05, 0.1) is 5.56 Å². The second kappa shape index (κ2) is 8.45. The van der Waals surface area contributed by atoms with E-state index in [0.29, 0.717) is 18.2 Å². The van der Waals surface area contributed by atoms with Gasteiger partial charge in [-0.3, -0.25) is 4.79 Å². The van der Waals surface area contributed by atoms with E-state index < -0.39 is 17.6 Å². The topological polar surface area (TPSA) is 70.2 Å². The number of aryl methyl sites for hydroxylation is 1. The fourth-order valence-corrected chi connectivity index (χ4v) is 3.06. The van der Waals surface area contributed by atoms with Crippen LogP contribution in [0, 0.1) is 6.92 Å². The number of halogens is 3. The van der Waals surface area contributed by atoms with E-state index in [9.17, 15) is 18.0 Å². The number of hydrogen-bond donors (Lipinski definition) is 2. The molecule has 0 bridgehead atoms. The molecule has 1 aromatic carbocycles. The predicted molar refractivity (Wildman–Crippen MR) is 100 cm³/mol. The number of carbonyl (C=O) groups is 1. The third kappa shape index (κ3) is 5.11. The number of nitrogens with one attached hydrogen (secondary N) is 2. The maximum Gasteiger partial charge on any atom is 0.416 e. The average Bonchev–Trinajstić information content (AvgIpc) is 3.19. The molecule has 2 N–H and O–H groups in total. The maximum absolute atomic E-state index is 12.7. The van der Waals surface area contributed by atoms with Gasteiger partial charge in [-0.2, -0.15) is 13.2 Å². The molecule has 0 radical (unpaired) electrons. The molecule has 2 heterocycles. The number of anilines is 2. The maximum atomic E-state index is 12.7. The van der Waals surface area contributed by atoms with Crippen molar-refractivity contribution in [3.8, 4) is 0 Å². The molecule has 0 aliphatic carbocycles. The van der Waals surface area contributed by atoms with Crippen LogP contribution in [0.3, 0.4) is 0 Å². The molecule has 1 saturated heterocycles. The molecule has 9 heteroatoms. The molecule has 0 atom stereocenters. The predicted octanol–water partition coefficient (Wildman–Crippen LogP) is 3.25. The van der Waals surface area contributed by atoms with Crippen molar-refractivity contribution >= 4 is 17.5 Å². The average molecular weight is 393 g/mol. The lowest BCUT2D eigenvalue weighted by Gasteiger charge is -2.17. The molecule has 3 rings (SSSR count). The molecule has 1 aliphatic rings. The zero-order valence-electron chi connectivity index (χ0n) is 15.5. The first-order valence-corrected chi connectivity index (χ1v) is 9.13. The molecule has 1 amide bonds. The van der Waals surface area contributed by atoms with Crippen molar-refractivity contribution in [2.45, 2.75) is 25.9 Å². The molecule has 1 aromatic heterocycles. The van der Waals surface area contributed by atoms with Crippen LogP contribution in [0.1, 0.15) is 34.6 Å². The fraction of sp³-hybridized carbons (Fsp3) is 0.421. The van der Waals surface area contributed by atoms with Gasteiger partial charge in [-0.15, -0.1) is 0 Å². The molecular formula is C19H22F3N5O. The van der Waals surface area contributed by atoms with E-state index in [1.807, 2.05) is 13.0 Å². The highest BCUT2D eigenvalue weighted by molar-refractivity contribution is 5.94. The highest BCUT2D eigenvalue weighted by Crippen LogP contribution is 2.29. The van der Waals surface area contributed by atoms with Crippen molar-refractivity contribution < 1.29 is 18.0 Å². The minimum Gasteiger partial charge on any atom is -0.368 e. The molecule has 6 nitrogen and oxygen atoms in total. The first-order chi connectivity index (χ1) is 13.3. The Morgan fingerprint density at radius 2 is 1.89 bits per heavy atom. The van der Waals surface area contributed by atoms with Crippen LogP contribution in [-0.4, -0.2) is 42.1 Å². The Labute approximate surface area is 161 Å². The molecular weight excluding hydrogens is 371 g/mol. The SMILES string of the molecule is Cc1nc(NCCNC(=O)c2cccc(C(F)(F)F)c2)cc(N2CCCC2)n1. The number of aromatic nitrogens is 2. The normalized spacial score (nSPS) is 14.2. The van der Waals surface area contributed by atoms with Crippen LogP contribution < -0.4 is 15.5 Å². The van der Waals surface area contributed by atoms with E-state index in [0.717, 1.165) is 43.9 Å². The second-order valence-electron chi connectivity index (χ2n) is 6.61. The van der Waals surface area contributed by atoms with Crippen molar-refractivity contribution in [3.63, 3.8) is 0 Å². The number of carbonyl (C=O) groups excluding carboxylic acids is 1. The molecule has 150 valence electrons. The summed E-state index contributed by atoms with van der Waals surface area (Å²) in [6.07, 6.45) is -2.18. The summed E-state index contributed by atoms with van der Waals surface area (Å²) in [4.78, 5) is 23.1. The van der Waals surface area contributed by atoms with Crippen molar-refractivity contribution in [2.75, 3.05) is 36.4 Å². The zero-order valence-corrected chi connectivity index (χ0v) is 15.5. The molecule has 1 aliphatic heterocycles. The number of hydrogen-bond acceptors (Lipinski definition) is 5. The van der Waals surface area contributed by atoms with Crippen LogP contribution in [0.5, 0.6) is 0 Å². The van der Waals surface area contributed by atoms with Crippen molar-refractivity contribution in [1.29, 1.82) is 0 Å². The Bertz CT molecular complexity index is 835. The van der Waals surface area contributed by atoms with E-state index >= 15 is 0 Å². The van der Waals surface area contributed by atoms with Gasteiger partial charge in [-0.25, -0.2) is 9.97 Å². The number of benzene rings is 1. The van der Waals surface area contributed by atoms with Gasteiger partial charge in [0, 0.05) is 37.8 Å². The van der Waals surface area contributed by atoms with Crippen LogP contribution in [-0.2, 0) is 6.18 Å². The summed E-state index contributed by atoms with van der Waals surface area (Å²) in [6, 6.07) is 6.23. The summed E-state index contributed by atoms with van der Waals surface area (Å²) in [5, 5.41) is 5.73. The van der Waals surface area contributed by atoms with E-state index in [4.69, 9.17) is 0 Å². The Balaban J connectivity index is 1.52. The quantitative estimate of drug-likeness (QED) is 0.738. The van der Waals surface area contributed by atoms with Crippen LogP contribution in [0.2, 0.25) is 0 Å². The zero-order chi connectivity index (χ0) is 20.1. The van der Waals surface area contributed by atoms with Crippen LogP contribution in [0.15, 0.2) is 30.3 Å². The minimum absolute atomic E-state index is 0.0241. The van der Waals surface area contributed by atoms with Gasteiger partial charge in [-0.05, 0) is 38.0 Å². The summed E-state index contributed by atoms with van der Waals surface area (Å²) in [5.74, 6) is 1.63. The van der Waals surface area contributed by atoms with Crippen molar-refractivity contribution in [1.82, 2.24) is 15.3 Å². The fourth-order valence-electron chi connectivity index (χ4n) is 3.06. The first kappa shape index (κ1) is 19.9. The number of amides is 1. The largest absolute Gasteiger partial charge is 0.416 e. The summed E-state index contributed by atoms with van der Waals surface area (Å²) < 4.78 is 38.2. The molecule has 0 unspecified atom stereocenters. The summed E-state index contributed by atoms with van der Waals surface area (Å²) in [5.41, 5.74) is -0.867. The smallest absolute Gasteiger partial charge is 0.368 e. The summed E-state index contributed by atoms with van der Waals surface area (Å²) in [7, 11) is 0. The van der Waals surface area contributed by atoms with Crippen LogP contribution >= 0.6 is 0 Å².